The number of nitrogens with zero attached hydrogens (tertiary/aromatic N) is 2. The average Bonchev–Trinajstić information content (AvgIpc) is 2.66. The first-order valence-electron chi connectivity index (χ1n) is 9.45. The van der Waals surface area contributed by atoms with Gasteiger partial charge in [0.1, 0.15) is 0 Å². The summed E-state index contributed by atoms with van der Waals surface area (Å²) in [5.41, 5.74) is 5.42. The zero-order valence-corrected chi connectivity index (χ0v) is 16.4. The van der Waals surface area contributed by atoms with Crippen LogP contribution in [0.4, 0.5) is 5.69 Å². The third kappa shape index (κ3) is 4.13. The van der Waals surface area contributed by atoms with Crippen LogP contribution in [0.25, 0.3) is 0 Å². The Bertz CT molecular complexity index is 737. The smallest absolute Gasteiger partial charge is 0.161 e. The number of piperazine rings is 1. The van der Waals surface area contributed by atoms with E-state index in [2.05, 4.69) is 54.0 Å². The molecule has 140 valence electrons. The largest absolute Gasteiger partial charge is 0.493 e. The fourth-order valence-corrected chi connectivity index (χ4v) is 3.57. The highest BCUT2D eigenvalue weighted by Crippen LogP contribution is 2.29. The van der Waals surface area contributed by atoms with Crippen molar-refractivity contribution >= 4 is 5.69 Å². The van der Waals surface area contributed by atoms with Gasteiger partial charge in [0, 0.05) is 38.4 Å². The molecule has 1 fully saturated rings. The van der Waals surface area contributed by atoms with Crippen LogP contribution in [0.3, 0.4) is 0 Å². The molecule has 0 atom stereocenters. The summed E-state index contributed by atoms with van der Waals surface area (Å²) in [6, 6.07) is 12.9. The van der Waals surface area contributed by atoms with Gasteiger partial charge in [-0.15, -0.1) is 0 Å². The number of aryl methyl sites for hydroxylation is 1. The van der Waals surface area contributed by atoms with Gasteiger partial charge in [-0.05, 0) is 55.7 Å². The molecule has 1 aliphatic rings. The van der Waals surface area contributed by atoms with Crippen LogP contribution in [0.2, 0.25) is 0 Å². The summed E-state index contributed by atoms with van der Waals surface area (Å²) in [4.78, 5) is 5.02. The number of ether oxygens (including phenoxy) is 2. The molecule has 1 aliphatic heterocycles. The third-order valence-corrected chi connectivity index (χ3v) is 5.22. The molecule has 0 N–H and O–H groups in total. The molecule has 0 bridgehead atoms. The molecule has 1 saturated heterocycles. The van der Waals surface area contributed by atoms with Gasteiger partial charge in [0.2, 0.25) is 0 Å². The van der Waals surface area contributed by atoms with Crippen molar-refractivity contribution in [2.45, 2.75) is 27.3 Å². The van der Waals surface area contributed by atoms with Crippen molar-refractivity contribution in [3.05, 3.63) is 53.1 Å². The summed E-state index contributed by atoms with van der Waals surface area (Å²) < 4.78 is 11.1. The zero-order chi connectivity index (χ0) is 18.5. The van der Waals surface area contributed by atoms with Crippen molar-refractivity contribution in [1.82, 2.24) is 4.90 Å². The van der Waals surface area contributed by atoms with E-state index in [1.54, 1.807) is 7.11 Å². The van der Waals surface area contributed by atoms with Crippen molar-refractivity contribution in [3.8, 4) is 11.5 Å². The van der Waals surface area contributed by atoms with Gasteiger partial charge in [-0.2, -0.15) is 0 Å². The molecule has 26 heavy (non-hydrogen) atoms. The van der Waals surface area contributed by atoms with Crippen molar-refractivity contribution in [3.63, 3.8) is 0 Å². The third-order valence-electron chi connectivity index (χ3n) is 5.22. The number of hydrogen-bond donors (Lipinski definition) is 0. The number of rotatable bonds is 6. The molecule has 4 nitrogen and oxygen atoms in total. The Morgan fingerprint density at radius 3 is 2.42 bits per heavy atom. The molecule has 2 aromatic rings. The van der Waals surface area contributed by atoms with E-state index in [9.17, 15) is 0 Å². The average molecular weight is 354 g/mol. The lowest BCUT2D eigenvalue weighted by atomic mass is 10.1. The van der Waals surface area contributed by atoms with Crippen LogP contribution < -0.4 is 14.4 Å². The minimum Gasteiger partial charge on any atom is -0.493 e. The van der Waals surface area contributed by atoms with E-state index < -0.39 is 0 Å². The molecular weight excluding hydrogens is 324 g/mol. The second-order valence-electron chi connectivity index (χ2n) is 6.90. The topological polar surface area (TPSA) is 24.9 Å². The van der Waals surface area contributed by atoms with Crippen molar-refractivity contribution in [2.75, 3.05) is 44.8 Å². The molecule has 0 aliphatic carbocycles. The number of benzene rings is 2. The van der Waals surface area contributed by atoms with Gasteiger partial charge in [0.05, 0.1) is 13.7 Å². The summed E-state index contributed by atoms with van der Waals surface area (Å²) in [6.07, 6.45) is 0. The van der Waals surface area contributed by atoms with Gasteiger partial charge in [0.15, 0.2) is 11.5 Å². The summed E-state index contributed by atoms with van der Waals surface area (Å²) in [5, 5.41) is 0. The molecule has 0 saturated carbocycles. The van der Waals surface area contributed by atoms with Crippen LogP contribution in [0.1, 0.15) is 23.6 Å². The fraction of sp³-hybridized carbons (Fsp3) is 0.455. The molecule has 1 heterocycles. The number of methoxy groups -OCH3 is 1. The second-order valence-corrected chi connectivity index (χ2v) is 6.90. The minimum absolute atomic E-state index is 0.649. The molecule has 2 aromatic carbocycles. The zero-order valence-electron chi connectivity index (χ0n) is 16.4. The lowest BCUT2D eigenvalue weighted by molar-refractivity contribution is 0.249. The monoisotopic (exact) mass is 354 g/mol. The van der Waals surface area contributed by atoms with Gasteiger partial charge >= 0.3 is 0 Å². The Hall–Kier alpha value is -2.20. The Kier molecular flexibility index (Phi) is 6.04. The minimum atomic E-state index is 0.649. The first kappa shape index (κ1) is 18.6. The van der Waals surface area contributed by atoms with Gasteiger partial charge in [-0.25, -0.2) is 0 Å². The van der Waals surface area contributed by atoms with E-state index in [1.807, 2.05) is 13.0 Å². The molecular formula is C22H30N2O2. The summed E-state index contributed by atoms with van der Waals surface area (Å²) in [5.74, 6) is 1.64. The molecule has 0 amide bonds. The number of anilines is 1. The quantitative estimate of drug-likeness (QED) is 0.782. The predicted octanol–water partition coefficient (Wildman–Crippen LogP) is 4.03. The Morgan fingerprint density at radius 1 is 0.962 bits per heavy atom. The normalized spacial score (nSPS) is 15.2. The summed E-state index contributed by atoms with van der Waals surface area (Å²) in [7, 11) is 1.70. The lowest BCUT2D eigenvalue weighted by Crippen LogP contribution is -2.46. The Morgan fingerprint density at radius 2 is 1.73 bits per heavy atom. The van der Waals surface area contributed by atoms with Gasteiger partial charge < -0.3 is 14.4 Å². The standard InChI is InChI=1S/C22H30N2O2/c1-5-26-21-10-9-19(15-22(21)25-4)16-23-11-13-24(14-12-23)20-8-6-7-17(2)18(20)3/h6-10,15H,5,11-14,16H2,1-4H3. The summed E-state index contributed by atoms with van der Waals surface area (Å²) >= 11 is 0. The van der Waals surface area contributed by atoms with E-state index in [0.29, 0.717) is 6.61 Å². The molecule has 0 spiro atoms. The molecule has 3 rings (SSSR count). The predicted molar refractivity (Wildman–Crippen MR) is 108 cm³/mol. The van der Waals surface area contributed by atoms with Crippen LogP contribution in [0.15, 0.2) is 36.4 Å². The highest BCUT2D eigenvalue weighted by atomic mass is 16.5. The van der Waals surface area contributed by atoms with E-state index in [0.717, 1.165) is 44.2 Å². The first-order chi connectivity index (χ1) is 12.6. The van der Waals surface area contributed by atoms with E-state index >= 15 is 0 Å². The van der Waals surface area contributed by atoms with Crippen LogP contribution in [0.5, 0.6) is 11.5 Å². The van der Waals surface area contributed by atoms with Crippen molar-refractivity contribution < 1.29 is 9.47 Å². The molecule has 0 radical (unpaired) electrons. The second kappa shape index (κ2) is 8.45. The van der Waals surface area contributed by atoms with Crippen LogP contribution >= 0.6 is 0 Å². The van der Waals surface area contributed by atoms with Crippen LogP contribution in [-0.4, -0.2) is 44.8 Å². The lowest BCUT2D eigenvalue weighted by Gasteiger charge is -2.37. The SMILES string of the molecule is CCOc1ccc(CN2CCN(c3cccc(C)c3C)CC2)cc1OC. The maximum Gasteiger partial charge on any atom is 0.161 e. The number of hydrogen-bond acceptors (Lipinski definition) is 4. The first-order valence-corrected chi connectivity index (χ1v) is 9.45. The van der Waals surface area contributed by atoms with Gasteiger partial charge in [-0.3, -0.25) is 4.90 Å². The summed E-state index contributed by atoms with van der Waals surface area (Å²) in [6.45, 7) is 12.3. The van der Waals surface area contributed by atoms with Crippen molar-refractivity contribution in [1.29, 1.82) is 0 Å². The Balaban J connectivity index is 1.61. The molecule has 0 unspecified atom stereocenters. The Labute approximate surface area is 157 Å². The highest BCUT2D eigenvalue weighted by Gasteiger charge is 2.19. The van der Waals surface area contributed by atoms with E-state index in [1.165, 1.54) is 22.4 Å². The van der Waals surface area contributed by atoms with Crippen LogP contribution in [-0.2, 0) is 6.54 Å². The highest BCUT2D eigenvalue weighted by molar-refractivity contribution is 5.56. The van der Waals surface area contributed by atoms with E-state index in [-0.39, 0.29) is 0 Å². The van der Waals surface area contributed by atoms with Gasteiger partial charge in [0.25, 0.3) is 0 Å². The maximum atomic E-state index is 5.61. The van der Waals surface area contributed by atoms with Crippen LogP contribution in [0, 0.1) is 13.8 Å². The molecule has 4 heteroatoms. The van der Waals surface area contributed by atoms with E-state index in [4.69, 9.17) is 9.47 Å². The maximum absolute atomic E-state index is 5.61. The van der Waals surface area contributed by atoms with Crippen molar-refractivity contribution in [2.24, 2.45) is 0 Å². The molecule has 0 aromatic heterocycles. The van der Waals surface area contributed by atoms with Gasteiger partial charge in [-0.1, -0.05) is 18.2 Å². The fourth-order valence-electron chi connectivity index (χ4n) is 3.57.